The summed E-state index contributed by atoms with van der Waals surface area (Å²) in [4.78, 5) is 6.57. The van der Waals surface area contributed by atoms with Gasteiger partial charge < -0.3 is 10.6 Å². The van der Waals surface area contributed by atoms with Crippen molar-refractivity contribution in [2.75, 3.05) is 17.2 Å². The van der Waals surface area contributed by atoms with Crippen molar-refractivity contribution in [3.63, 3.8) is 0 Å². The van der Waals surface area contributed by atoms with Crippen LogP contribution in [0, 0.1) is 5.92 Å². The van der Waals surface area contributed by atoms with Crippen LogP contribution < -0.4 is 10.6 Å². The highest BCUT2D eigenvalue weighted by Crippen LogP contribution is 2.32. The Labute approximate surface area is 95.2 Å². The lowest BCUT2D eigenvalue weighted by Crippen LogP contribution is -2.27. The van der Waals surface area contributed by atoms with Gasteiger partial charge in [-0.2, -0.15) is 0 Å². The highest BCUT2D eigenvalue weighted by molar-refractivity contribution is 6.33. The number of pyridine rings is 1. The Morgan fingerprint density at radius 1 is 1.53 bits per heavy atom. The summed E-state index contributed by atoms with van der Waals surface area (Å²) in [6.45, 7) is 5.48. The van der Waals surface area contributed by atoms with E-state index in [4.69, 9.17) is 17.3 Å². The molecule has 0 amide bonds. The van der Waals surface area contributed by atoms with E-state index in [1.54, 1.807) is 12.3 Å². The van der Waals surface area contributed by atoms with E-state index in [0.29, 0.717) is 22.7 Å². The second-order valence-corrected chi connectivity index (χ2v) is 4.82. The van der Waals surface area contributed by atoms with Crippen molar-refractivity contribution in [3.8, 4) is 0 Å². The molecular weight excluding hydrogens is 210 g/mol. The summed E-state index contributed by atoms with van der Waals surface area (Å²) in [6.07, 6.45) is 2.86. The lowest BCUT2D eigenvalue weighted by atomic mass is 10.1. The largest absolute Gasteiger partial charge is 0.397 e. The molecule has 0 spiro atoms. The minimum atomic E-state index is 0.508. The summed E-state index contributed by atoms with van der Waals surface area (Å²) in [7, 11) is 0. The van der Waals surface area contributed by atoms with Gasteiger partial charge in [-0.05, 0) is 25.3 Å². The highest BCUT2D eigenvalue weighted by atomic mass is 35.5. The summed E-state index contributed by atoms with van der Waals surface area (Å²) in [5, 5.41) is 0.649. The Morgan fingerprint density at radius 2 is 2.27 bits per heavy atom. The number of nitrogen functional groups attached to an aromatic ring is 1. The predicted molar refractivity (Wildman–Crippen MR) is 64.2 cm³/mol. The second kappa shape index (κ2) is 3.89. The van der Waals surface area contributed by atoms with Crippen molar-refractivity contribution in [1.29, 1.82) is 0 Å². The lowest BCUT2D eigenvalue weighted by molar-refractivity contribution is 0.625. The molecule has 0 saturated carbocycles. The average molecular weight is 226 g/mol. The normalized spacial score (nSPS) is 25.9. The summed E-state index contributed by atoms with van der Waals surface area (Å²) in [5.41, 5.74) is 6.24. The van der Waals surface area contributed by atoms with E-state index in [-0.39, 0.29) is 0 Å². The third-order valence-corrected chi connectivity index (χ3v) is 3.18. The van der Waals surface area contributed by atoms with Gasteiger partial charge in [-0.25, -0.2) is 4.98 Å². The third-order valence-electron chi connectivity index (χ3n) is 2.90. The van der Waals surface area contributed by atoms with Crippen LogP contribution in [0.1, 0.15) is 20.3 Å². The van der Waals surface area contributed by atoms with Gasteiger partial charge in [0, 0.05) is 12.6 Å². The van der Waals surface area contributed by atoms with Crippen LogP contribution in [-0.4, -0.2) is 17.6 Å². The SMILES string of the molecule is CC1CC(C)N(c2ncc(N)cc2Cl)C1. The number of hydrogen-bond donors (Lipinski definition) is 1. The molecule has 15 heavy (non-hydrogen) atoms. The standard InChI is InChI=1S/C11H16ClN3/c1-7-3-8(2)15(6-7)11-10(12)4-9(13)5-14-11/h4-5,7-8H,3,6,13H2,1-2H3. The molecule has 0 radical (unpaired) electrons. The number of hydrogen-bond acceptors (Lipinski definition) is 3. The quantitative estimate of drug-likeness (QED) is 0.799. The first-order valence-electron chi connectivity index (χ1n) is 5.25. The summed E-state index contributed by atoms with van der Waals surface area (Å²) in [5.74, 6) is 1.57. The third kappa shape index (κ3) is 2.02. The van der Waals surface area contributed by atoms with Gasteiger partial charge in [0.05, 0.1) is 16.9 Å². The van der Waals surface area contributed by atoms with Crippen LogP contribution in [0.4, 0.5) is 11.5 Å². The molecule has 0 aromatic carbocycles. The van der Waals surface area contributed by atoms with Crippen molar-refractivity contribution >= 4 is 23.1 Å². The van der Waals surface area contributed by atoms with Crippen LogP contribution in [0.5, 0.6) is 0 Å². The van der Waals surface area contributed by atoms with E-state index < -0.39 is 0 Å². The van der Waals surface area contributed by atoms with Gasteiger partial charge in [-0.3, -0.25) is 0 Å². The van der Waals surface area contributed by atoms with Crippen LogP contribution in [0.3, 0.4) is 0 Å². The van der Waals surface area contributed by atoms with Gasteiger partial charge >= 0.3 is 0 Å². The molecule has 1 aliphatic rings. The number of nitrogens with two attached hydrogens (primary N) is 1. The Morgan fingerprint density at radius 3 is 2.80 bits per heavy atom. The van der Waals surface area contributed by atoms with Crippen LogP contribution in [-0.2, 0) is 0 Å². The van der Waals surface area contributed by atoms with Crippen molar-refractivity contribution in [2.45, 2.75) is 26.3 Å². The zero-order valence-electron chi connectivity index (χ0n) is 9.07. The molecule has 0 bridgehead atoms. The highest BCUT2D eigenvalue weighted by Gasteiger charge is 2.28. The van der Waals surface area contributed by atoms with Gasteiger partial charge in [0.2, 0.25) is 0 Å². The van der Waals surface area contributed by atoms with Crippen LogP contribution >= 0.6 is 11.6 Å². The van der Waals surface area contributed by atoms with Gasteiger partial charge in [-0.1, -0.05) is 18.5 Å². The fourth-order valence-corrected chi connectivity index (χ4v) is 2.54. The van der Waals surface area contributed by atoms with Crippen LogP contribution in [0.15, 0.2) is 12.3 Å². The molecule has 2 unspecified atom stereocenters. The van der Waals surface area contributed by atoms with Crippen LogP contribution in [0.2, 0.25) is 5.02 Å². The average Bonchev–Trinajstić information content (AvgIpc) is 2.45. The van der Waals surface area contributed by atoms with Crippen molar-refractivity contribution in [2.24, 2.45) is 5.92 Å². The van der Waals surface area contributed by atoms with Gasteiger partial charge in [0.25, 0.3) is 0 Å². The Balaban J connectivity index is 2.29. The zero-order chi connectivity index (χ0) is 11.0. The molecule has 1 fully saturated rings. The minimum Gasteiger partial charge on any atom is -0.397 e. The molecule has 1 aromatic heterocycles. The molecule has 1 saturated heterocycles. The molecule has 1 aliphatic heterocycles. The number of halogens is 1. The first-order chi connectivity index (χ1) is 7.08. The molecule has 2 N–H and O–H groups in total. The first-order valence-corrected chi connectivity index (χ1v) is 5.63. The first kappa shape index (κ1) is 10.6. The van der Waals surface area contributed by atoms with Crippen molar-refractivity contribution in [3.05, 3.63) is 17.3 Å². The molecule has 2 rings (SSSR count). The zero-order valence-corrected chi connectivity index (χ0v) is 9.83. The predicted octanol–water partition coefficient (Wildman–Crippen LogP) is 2.55. The summed E-state index contributed by atoms with van der Waals surface area (Å²) < 4.78 is 0. The Hall–Kier alpha value is -0.960. The number of nitrogens with zero attached hydrogens (tertiary/aromatic N) is 2. The lowest BCUT2D eigenvalue weighted by Gasteiger charge is -2.23. The second-order valence-electron chi connectivity index (χ2n) is 4.42. The van der Waals surface area contributed by atoms with E-state index in [1.807, 2.05) is 0 Å². The van der Waals surface area contributed by atoms with Crippen molar-refractivity contribution in [1.82, 2.24) is 4.98 Å². The monoisotopic (exact) mass is 225 g/mol. The smallest absolute Gasteiger partial charge is 0.147 e. The molecule has 2 heterocycles. The molecule has 3 nitrogen and oxygen atoms in total. The number of rotatable bonds is 1. The van der Waals surface area contributed by atoms with E-state index in [0.717, 1.165) is 12.4 Å². The fraction of sp³-hybridized carbons (Fsp3) is 0.545. The van der Waals surface area contributed by atoms with Gasteiger partial charge in [-0.15, -0.1) is 0 Å². The molecular formula is C11H16ClN3. The molecule has 4 heteroatoms. The maximum Gasteiger partial charge on any atom is 0.147 e. The molecule has 82 valence electrons. The number of anilines is 2. The van der Waals surface area contributed by atoms with Crippen LogP contribution in [0.25, 0.3) is 0 Å². The van der Waals surface area contributed by atoms with E-state index in [9.17, 15) is 0 Å². The van der Waals surface area contributed by atoms with Gasteiger partial charge in [0.15, 0.2) is 0 Å². The summed E-state index contributed by atoms with van der Waals surface area (Å²) in [6, 6.07) is 2.27. The van der Waals surface area contributed by atoms with Gasteiger partial charge in [0.1, 0.15) is 5.82 Å². The maximum atomic E-state index is 6.14. The minimum absolute atomic E-state index is 0.508. The van der Waals surface area contributed by atoms with E-state index in [2.05, 4.69) is 23.7 Å². The maximum absolute atomic E-state index is 6.14. The van der Waals surface area contributed by atoms with E-state index in [1.165, 1.54) is 6.42 Å². The fourth-order valence-electron chi connectivity index (χ4n) is 2.25. The summed E-state index contributed by atoms with van der Waals surface area (Å²) >= 11 is 6.14. The Bertz CT molecular complexity index is 367. The molecule has 0 aliphatic carbocycles. The van der Waals surface area contributed by atoms with Crippen molar-refractivity contribution < 1.29 is 0 Å². The number of aromatic nitrogens is 1. The molecule has 2 atom stereocenters. The topological polar surface area (TPSA) is 42.2 Å². The van der Waals surface area contributed by atoms with E-state index >= 15 is 0 Å². The molecule has 1 aromatic rings. The Kier molecular flexibility index (Phi) is 2.74.